The summed E-state index contributed by atoms with van der Waals surface area (Å²) in [5.74, 6) is -1.23. The highest BCUT2D eigenvalue weighted by atomic mass is 35.5. The van der Waals surface area contributed by atoms with Gasteiger partial charge < -0.3 is 14.0 Å². The van der Waals surface area contributed by atoms with E-state index in [1.807, 2.05) is 0 Å². The summed E-state index contributed by atoms with van der Waals surface area (Å²) >= 11 is 5.90. The molecule has 0 saturated carbocycles. The summed E-state index contributed by atoms with van der Waals surface area (Å²) in [4.78, 5) is 4.27. The quantitative estimate of drug-likeness (QED) is 0.814. The minimum absolute atomic E-state index is 0.108. The van der Waals surface area contributed by atoms with Gasteiger partial charge in [-0.05, 0) is 12.1 Å². The Morgan fingerprint density at radius 3 is 2.90 bits per heavy atom. The van der Waals surface area contributed by atoms with Gasteiger partial charge in [-0.25, -0.2) is 13.8 Å². The molecule has 2 heterocycles. The molecule has 0 amide bonds. The van der Waals surface area contributed by atoms with Crippen molar-refractivity contribution >= 4 is 22.6 Å². The van der Waals surface area contributed by atoms with Gasteiger partial charge in [0.05, 0.1) is 24.5 Å². The molecule has 1 aromatic heterocycles. The molecule has 1 aromatic carbocycles. The molecule has 4 nitrogen and oxygen atoms in total. The number of hydrogen-bond donors (Lipinski definition) is 0. The van der Waals surface area contributed by atoms with Crippen molar-refractivity contribution in [1.29, 1.82) is 0 Å². The number of benzene rings is 1. The summed E-state index contributed by atoms with van der Waals surface area (Å²) in [5.41, 5.74) is -0.0589. The number of fused-ring (bicyclic) bond motifs is 1. The molecule has 7 heteroatoms. The smallest absolute Gasteiger partial charge is 0.184 e. The standard InChI is InChI=1S/C14H15ClF2N2O2/c1-20-14(4-5-21-8-14)7-19-11(6-15)18-10-3-2-9(16)12(17)13(10)19/h2-3H,4-8H2,1H3. The molecule has 1 fully saturated rings. The van der Waals surface area contributed by atoms with Crippen LogP contribution in [0.1, 0.15) is 12.2 Å². The van der Waals surface area contributed by atoms with Crippen molar-refractivity contribution in [3.63, 3.8) is 0 Å². The average Bonchev–Trinajstić information content (AvgIpc) is 3.09. The van der Waals surface area contributed by atoms with Crippen LogP contribution in [-0.2, 0) is 21.9 Å². The van der Waals surface area contributed by atoms with E-state index in [0.717, 1.165) is 6.07 Å². The number of imidazole rings is 1. The first-order chi connectivity index (χ1) is 10.1. The maximum absolute atomic E-state index is 14.2. The lowest BCUT2D eigenvalue weighted by Crippen LogP contribution is -2.37. The molecule has 0 bridgehead atoms. The summed E-state index contributed by atoms with van der Waals surface area (Å²) in [5, 5.41) is 0. The minimum Gasteiger partial charge on any atom is -0.378 e. The summed E-state index contributed by atoms with van der Waals surface area (Å²) in [6, 6.07) is 2.52. The van der Waals surface area contributed by atoms with Gasteiger partial charge in [0, 0.05) is 20.1 Å². The van der Waals surface area contributed by atoms with Gasteiger partial charge in [-0.3, -0.25) is 0 Å². The van der Waals surface area contributed by atoms with Crippen LogP contribution in [0.4, 0.5) is 8.78 Å². The van der Waals surface area contributed by atoms with E-state index in [4.69, 9.17) is 21.1 Å². The van der Waals surface area contributed by atoms with Crippen LogP contribution in [0.15, 0.2) is 12.1 Å². The van der Waals surface area contributed by atoms with Crippen molar-refractivity contribution in [2.75, 3.05) is 20.3 Å². The van der Waals surface area contributed by atoms with Gasteiger partial charge in [0.1, 0.15) is 16.9 Å². The Morgan fingerprint density at radius 2 is 2.29 bits per heavy atom. The molecule has 114 valence electrons. The third-order valence-corrected chi connectivity index (χ3v) is 4.18. The second-order valence-electron chi connectivity index (χ2n) is 5.17. The SMILES string of the molecule is COC1(Cn2c(CCl)nc3ccc(F)c(F)c32)CCOC1. The number of hydrogen-bond acceptors (Lipinski definition) is 3. The highest BCUT2D eigenvalue weighted by Crippen LogP contribution is 2.29. The van der Waals surface area contributed by atoms with Crippen LogP contribution in [0.5, 0.6) is 0 Å². The van der Waals surface area contributed by atoms with Crippen molar-refractivity contribution in [3.8, 4) is 0 Å². The lowest BCUT2D eigenvalue weighted by molar-refractivity contribution is -0.0292. The molecule has 1 aliphatic rings. The Morgan fingerprint density at radius 1 is 1.48 bits per heavy atom. The second-order valence-corrected chi connectivity index (χ2v) is 5.43. The molecule has 0 radical (unpaired) electrons. The molecule has 1 unspecified atom stereocenters. The Bertz CT molecular complexity index is 669. The number of rotatable bonds is 4. The molecule has 1 atom stereocenters. The maximum atomic E-state index is 14.2. The molecule has 21 heavy (non-hydrogen) atoms. The van der Waals surface area contributed by atoms with Crippen molar-refractivity contribution in [1.82, 2.24) is 9.55 Å². The molecule has 3 rings (SSSR count). The van der Waals surface area contributed by atoms with Crippen LogP contribution in [0.2, 0.25) is 0 Å². The Kier molecular flexibility index (Phi) is 3.86. The number of halogens is 3. The highest BCUT2D eigenvalue weighted by Gasteiger charge is 2.36. The molecule has 1 saturated heterocycles. The third-order valence-electron chi connectivity index (χ3n) is 3.94. The molecule has 1 aliphatic heterocycles. The number of nitrogens with zero attached hydrogens (tertiary/aromatic N) is 2. The van der Waals surface area contributed by atoms with Crippen LogP contribution in [0.25, 0.3) is 11.0 Å². The van der Waals surface area contributed by atoms with E-state index in [0.29, 0.717) is 37.5 Å². The lowest BCUT2D eigenvalue weighted by Gasteiger charge is -2.27. The normalized spacial score (nSPS) is 22.3. The van der Waals surface area contributed by atoms with E-state index in [1.165, 1.54) is 6.07 Å². The van der Waals surface area contributed by atoms with Gasteiger partial charge >= 0.3 is 0 Å². The van der Waals surface area contributed by atoms with Gasteiger partial charge in [0.15, 0.2) is 11.6 Å². The number of ether oxygens (including phenoxy) is 2. The van der Waals surface area contributed by atoms with E-state index in [-0.39, 0.29) is 11.4 Å². The van der Waals surface area contributed by atoms with Gasteiger partial charge in [-0.15, -0.1) is 11.6 Å². The molecule has 0 N–H and O–H groups in total. The van der Waals surface area contributed by atoms with E-state index in [1.54, 1.807) is 11.7 Å². The van der Waals surface area contributed by atoms with E-state index < -0.39 is 17.2 Å². The fraction of sp³-hybridized carbons (Fsp3) is 0.500. The van der Waals surface area contributed by atoms with E-state index in [2.05, 4.69) is 4.98 Å². The van der Waals surface area contributed by atoms with Crippen molar-refractivity contribution in [3.05, 3.63) is 29.6 Å². The highest BCUT2D eigenvalue weighted by molar-refractivity contribution is 6.16. The van der Waals surface area contributed by atoms with Crippen LogP contribution in [0, 0.1) is 11.6 Å². The molecule has 2 aromatic rings. The summed E-state index contributed by atoms with van der Waals surface area (Å²) < 4.78 is 40.2. The zero-order chi connectivity index (χ0) is 15.0. The van der Waals surface area contributed by atoms with Gasteiger partial charge in [-0.2, -0.15) is 0 Å². The Balaban J connectivity index is 2.13. The molecule has 0 aliphatic carbocycles. The van der Waals surface area contributed by atoms with Crippen molar-refractivity contribution < 1.29 is 18.3 Å². The predicted molar refractivity (Wildman–Crippen MR) is 74.4 cm³/mol. The third kappa shape index (κ3) is 2.41. The first kappa shape index (κ1) is 14.7. The van der Waals surface area contributed by atoms with Crippen LogP contribution in [-0.4, -0.2) is 35.5 Å². The van der Waals surface area contributed by atoms with Crippen LogP contribution >= 0.6 is 11.6 Å². The Labute approximate surface area is 125 Å². The number of aromatic nitrogens is 2. The fourth-order valence-electron chi connectivity index (χ4n) is 2.70. The zero-order valence-electron chi connectivity index (χ0n) is 11.5. The second kappa shape index (κ2) is 5.51. The van der Waals surface area contributed by atoms with E-state index >= 15 is 0 Å². The maximum Gasteiger partial charge on any atom is 0.184 e. The summed E-state index contributed by atoms with van der Waals surface area (Å²) in [7, 11) is 1.59. The van der Waals surface area contributed by atoms with Gasteiger partial charge in [0.2, 0.25) is 0 Å². The first-order valence-electron chi connectivity index (χ1n) is 6.62. The molecular formula is C14H15ClF2N2O2. The fourth-order valence-corrected chi connectivity index (χ4v) is 2.91. The Hall–Kier alpha value is -1.24. The van der Waals surface area contributed by atoms with Crippen molar-refractivity contribution in [2.24, 2.45) is 0 Å². The average molecular weight is 317 g/mol. The predicted octanol–water partition coefficient (Wildman–Crippen LogP) is 2.86. The van der Waals surface area contributed by atoms with Crippen LogP contribution in [0.3, 0.4) is 0 Å². The number of methoxy groups -OCH3 is 1. The largest absolute Gasteiger partial charge is 0.378 e. The van der Waals surface area contributed by atoms with Gasteiger partial charge in [-0.1, -0.05) is 0 Å². The lowest BCUT2D eigenvalue weighted by atomic mass is 10.0. The summed E-state index contributed by atoms with van der Waals surface area (Å²) in [6.07, 6.45) is 0.682. The first-order valence-corrected chi connectivity index (χ1v) is 7.16. The van der Waals surface area contributed by atoms with Crippen LogP contribution < -0.4 is 0 Å². The van der Waals surface area contributed by atoms with Crippen molar-refractivity contribution in [2.45, 2.75) is 24.4 Å². The topological polar surface area (TPSA) is 36.3 Å². The molecule has 0 spiro atoms. The molecular weight excluding hydrogens is 302 g/mol. The summed E-state index contributed by atoms with van der Waals surface area (Å²) in [6.45, 7) is 1.30. The monoisotopic (exact) mass is 316 g/mol. The zero-order valence-corrected chi connectivity index (χ0v) is 12.3. The minimum atomic E-state index is -0.915. The van der Waals surface area contributed by atoms with Gasteiger partial charge in [0.25, 0.3) is 0 Å². The van der Waals surface area contributed by atoms with E-state index in [9.17, 15) is 8.78 Å². The number of alkyl halides is 1.